The monoisotopic (exact) mass is 458 g/mol. The van der Waals surface area contributed by atoms with Crippen LogP contribution in [0.15, 0.2) is 12.1 Å². The summed E-state index contributed by atoms with van der Waals surface area (Å²) in [5.41, 5.74) is 2.85. The van der Waals surface area contributed by atoms with Crippen molar-refractivity contribution in [2.75, 3.05) is 38.2 Å². The van der Waals surface area contributed by atoms with Gasteiger partial charge in [-0.2, -0.15) is 4.98 Å². The Labute approximate surface area is 190 Å². The van der Waals surface area contributed by atoms with Crippen LogP contribution in [-0.4, -0.2) is 64.5 Å². The summed E-state index contributed by atoms with van der Waals surface area (Å²) in [4.78, 5) is 33.2. The molecule has 1 N–H and O–H groups in total. The minimum Gasteiger partial charge on any atom is -0.466 e. The number of amides is 1. The van der Waals surface area contributed by atoms with Gasteiger partial charge in [0.05, 0.1) is 24.2 Å². The number of likely N-dealkylation sites (tertiary alicyclic amines) is 1. The fraction of sp³-hybridized carbons (Fsp3) is 0.545. The van der Waals surface area contributed by atoms with E-state index in [2.05, 4.69) is 14.3 Å². The van der Waals surface area contributed by atoms with Crippen LogP contribution < -0.4 is 9.64 Å². The molecule has 10 heteroatoms. The van der Waals surface area contributed by atoms with Gasteiger partial charge in [-0.1, -0.05) is 6.07 Å². The highest BCUT2D eigenvalue weighted by molar-refractivity contribution is 7.10. The number of nitrogens with zero attached hydrogens (tertiary/aromatic N) is 4. The Bertz CT molecular complexity index is 1060. The van der Waals surface area contributed by atoms with Crippen molar-refractivity contribution in [3.05, 3.63) is 34.4 Å². The highest BCUT2D eigenvalue weighted by atomic mass is 32.1. The van der Waals surface area contributed by atoms with Crippen LogP contribution in [0.25, 0.3) is 0 Å². The van der Waals surface area contributed by atoms with E-state index in [1.807, 2.05) is 13.0 Å². The van der Waals surface area contributed by atoms with Gasteiger partial charge in [-0.05, 0) is 56.5 Å². The molecule has 32 heavy (non-hydrogen) atoms. The number of esters is 1. The number of rotatable bonds is 5. The molecule has 3 aliphatic rings. The third-order valence-corrected chi connectivity index (χ3v) is 7.86. The van der Waals surface area contributed by atoms with Gasteiger partial charge in [0.1, 0.15) is 6.61 Å². The van der Waals surface area contributed by atoms with Crippen LogP contribution in [0.5, 0.6) is 6.01 Å². The predicted octanol–water partition coefficient (Wildman–Crippen LogP) is 2.08. The Morgan fingerprint density at radius 1 is 1.25 bits per heavy atom. The van der Waals surface area contributed by atoms with Crippen LogP contribution >= 0.6 is 11.5 Å². The zero-order valence-corrected chi connectivity index (χ0v) is 19.0. The largest absolute Gasteiger partial charge is 0.466 e. The zero-order chi connectivity index (χ0) is 22.5. The van der Waals surface area contributed by atoms with E-state index >= 15 is 0 Å². The highest BCUT2D eigenvalue weighted by Crippen LogP contribution is 2.44. The van der Waals surface area contributed by atoms with Gasteiger partial charge in [0.25, 0.3) is 0 Å². The third-order valence-electron chi connectivity index (χ3n) is 7.13. The number of ether oxygens (including phenoxy) is 2. The van der Waals surface area contributed by atoms with E-state index in [0.29, 0.717) is 29.8 Å². The second-order valence-corrected chi connectivity index (χ2v) is 9.48. The first-order chi connectivity index (χ1) is 15.4. The summed E-state index contributed by atoms with van der Waals surface area (Å²) in [7, 11) is 1.51. The highest BCUT2D eigenvalue weighted by Gasteiger charge is 2.49. The van der Waals surface area contributed by atoms with Crippen LogP contribution in [-0.2, 0) is 16.1 Å². The van der Waals surface area contributed by atoms with E-state index in [0.717, 1.165) is 49.0 Å². The van der Waals surface area contributed by atoms with Crippen molar-refractivity contribution in [2.24, 2.45) is 5.41 Å². The first-order valence-corrected chi connectivity index (χ1v) is 11.6. The number of aliphatic hydroxyl groups is 1. The lowest BCUT2D eigenvalue weighted by Gasteiger charge is -2.38. The summed E-state index contributed by atoms with van der Waals surface area (Å²) in [6.45, 7) is 4.85. The van der Waals surface area contributed by atoms with Crippen molar-refractivity contribution in [3.63, 3.8) is 0 Å². The van der Waals surface area contributed by atoms with Gasteiger partial charge in [0.15, 0.2) is 0 Å². The van der Waals surface area contributed by atoms with Crippen molar-refractivity contribution in [1.82, 2.24) is 14.3 Å². The molecule has 3 aliphatic heterocycles. The summed E-state index contributed by atoms with van der Waals surface area (Å²) in [5.74, 6) is -0.177. The number of methoxy groups -OCH3 is 1. The number of benzene rings is 1. The fourth-order valence-corrected chi connectivity index (χ4v) is 5.76. The molecule has 2 aromatic rings. The Hall–Kier alpha value is -2.56. The smallest absolute Gasteiger partial charge is 0.338 e. The molecule has 1 spiro atoms. The molecule has 5 rings (SSSR count). The van der Waals surface area contributed by atoms with Crippen molar-refractivity contribution in [2.45, 2.75) is 38.9 Å². The standard InChI is InChI=1S/C22H26N4O5S/c1-13-14(3-4-15-16(13)12-31-18(15)28)17(27)11-25-8-5-22(6-9-25)7-10-26(19(22)29)21-23-20(30-2)24-32-21/h3-4,17,27H,5-12H2,1-2H3. The predicted molar refractivity (Wildman–Crippen MR) is 117 cm³/mol. The van der Waals surface area contributed by atoms with Crippen LogP contribution in [0.2, 0.25) is 0 Å². The lowest BCUT2D eigenvalue weighted by molar-refractivity contribution is -0.128. The molecular weight excluding hydrogens is 432 g/mol. The molecule has 170 valence electrons. The second kappa shape index (κ2) is 8.09. The first-order valence-electron chi connectivity index (χ1n) is 10.8. The SMILES string of the molecule is COc1nsc(N2CCC3(CCN(CC(O)c4ccc5c(c4C)COC5=O)CC3)C2=O)n1. The van der Waals surface area contributed by atoms with E-state index in [4.69, 9.17) is 9.47 Å². The summed E-state index contributed by atoms with van der Waals surface area (Å²) in [6.07, 6.45) is 1.67. The third kappa shape index (κ3) is 3.46. The Balaban J connectivity index is 1.22. The molecule has 4 heterocycles. The number of hydrogen-bond acceptors (Lipinski definition) is 9. The van der Waals surface area contributed by atoms with E-state index in [-0.39, 0.29) is 23.9 Å². The van der Waals surface area contributed by atoms with Crippen LogP contribution in [0.3, 0.4) is 0 Å². The Kier molecular flexibility index (Phi) is 5.39. The number of anilines is 1. The topological polar surface area (TPSA) is 105 Å². The number of cyclic esters (lactones) is 1. The minimum atomic E-state index is -0.658. The van der Waals surface area contributed by atoms with Gasteiger partial charge in [0, 0.05) is 30.2 Å². The quantitative estimate of drug-likeness (QED) is 0.679. The zero-order valence-electron chi connectivity index (χ0n) is 18.2. The molecule has 1 atom stereocenters. The van der Waals surface area contributed by atoms with E-state index < -0.39 is 6.10 Å². The minimum absolute atomic E-state index is 0.121. The van der Waals surface area contributed by atoms with Gasteiger partial charge in [-0.3, -0.25) is 9.69 Å². The van der Waals surface area contributed by atoms with Gasteiger partial charge in [-0.15, -0.1) is 4.37 Å². The molecule has 2 fully saturated rings. The number of aromatic nitrogens is 2. The normalized spacial score (nSPS) is 21.2. The Morgan fingerprint density at radius 2 is 2.00 bits per heavy atom. The molecule has 1 aromatic heterocycles. The average Bonchev–Trinajstić information content (AvgIpc) is 3.49. The van der Waals surface area contributed by atoms with Gasteiger partial charge >= 0.3 is 12.0 Å². The maximum Gasteiger partial charge on any atom is 0.338 e. The number of piperidine rings is 1. The Morgan fingerprint density at radius 3 is 2.72 bits per heavy atom. The number of carbonyl (C=O) groups is 2. The molecule has 0 aliphatic carbocycles. The van der Waals surface area contributed by atoms with Gasteiger partial charge in [0.2, 0.25) is 11.0 Å². The number of aliphatic hydroxyl groups excluding tert-OH is 1. The summed E-state index contributed by atoms with van der Waals surface area (Å²) in [6, 6.07) is 3.86. The summed E-state index contributed by atoms with van der Waals surface area (Å²) >= 11 is 1.18. The number of β-amino-alcohol motifs (C(OH)–C–C–N with tert-alkyl or cyclic N) is 1. The van der Waals surface area contributed by atoms with Crippen molar-refractivity contribution >= 4 is 28.5 Å². The molecule has 2 saturated heterocycles. The van der Waals surface area contributed by atoms with Gasteiger partial charge < -0.3 is 19.5 Å². The average molecular weight is 459 g/mol. The lowest BCUT2D eigenvalue weighted by Crippen LogP contribution is -2.45. The second-order valence-electron chi connectivity index (χ2n) is 8.75. The van der Waals surface area contributed by atoms with Crippen LogP contribution in [0.1, 0.15) is 52.4 Å². The lowest BCUT2D eigenvalue weighted by atomic mass is 9.77. The molecule has 0 bridgehead atoms. The number of fused-ring (bicyclic) bond motifs is 1. The van der Waals surface area contributed by atoms with Crippen LogP contribution in [0.4, 0.5) is 5.13 Å². The maximum atomic E-state index is 13.2. The summed E-state index contributed by atoms with van der Waals surface area (Å²) in [5, 5.41) is 11.5. The van der Waals surface area contributed by atoms with Crippen molar-refractivity contribution in [3.8, 4) is 6.01 Å². The van der Waals surface area contributed by atoms with E-state index in [9.17, 15) is 14.7 Å². The van der Waals surface area contributed by atoms with E-state index in [1.54, 1.807) is 11.0 Å². The molecule has 1 aromatic carbocycles. The van der Waals surface area contributed by atoms with E-state index in [1.165, 1.54) is 18.6 Å². The van der Waals surface area contributed by atoms with Gasteiger partial charge in [-0.25, -0.2) is 4.79 Å². The maximum absolute atomic E-state index is 13.2. The van der Waals surface area contributed by atoms with Crippen molar-refractivity contribution < 1.29 is 24.2 Å². The number of carbonyl (C=O) groups excluding carboxylic acids is 2. The molecule has 1 amide bonds. The van der Waals surface area contributed by atoms with Crippen molar-refractivity contribution in [1.29, 1.82) is 0 Å². The molecular formula is C22H26N4O5S. The molecule has 9 nitrogen and oxygen atoms in total. The van der Waals surface area contributed by atoms with Crippen LogP contribution in [0, 0.1) is 12.3 Å². The molecule has 0 radical (unpaired) electrons. The first kappa shape index (κ1) is 21.3. The number of hydrogen-bond donors (Lipinski definition) is 1. The summed E-state index contributed by atoms with van der Waals surface area (Å²) < 4.78 is 14.3. The molecule has 0 saturated carbocycles. The molecule has 1 unspecified atom stereocenters. The fourth-order valence-electron chi connectivity index (χ4n) is 5.10.